The van der Waals surface area contributed by atoms with Crippen molar-refractivity contribution in [3.05, 3.63) is 75.8 Å². The molecular weight excluding hydrogens is 356 g/mol. The second-order valence-corrected chi connectivity index (χ2v) is 8.65. The first-order valence-electron chi connectivity index (χ1n) is 8.81. The van der Waals surface area contributed by atoms with Crippen LogP contribution in [-0.2, 0) is 13.0 Å². The molecule has 0 aliphatic carbocycles. The van der Waals surface area contributed by atoms with Crippen molar-refractivity contribution in [2.45, 2.75) is 26.8 Å². The Labute approximate surface area is 162 Å². The molecule has 0 saturated heterocycles. The van der Waals surface area contributed by atoms with Crippen molar-refractivity contribution in [3.63, 3.8) is 0 Å². The Balaban J connectivity index is 1.60. The summed E-state index contributed by atoms with van der Waals surface area (Å²) < 4.78 is 1.32. The summed E-state index contributed by atoms with van der Waals surface area (Å²) >= 11 is 3.57. The molecule has 2 aromatic carbocycles. The van der Waals surface area contributed by atoms with Gasteiger partial charge in [-0.05, 0) is 60.7 Å². The molecule has 2 nitrogen and oxygen atoms in total. The molecule has 0 spiro atoms. The summed E-state index contributed by atoms with van der Waals surface area (Å²) in [5, 5.41) is 7.88. The summed E-state index contributed by atoms with van der Waals surface area (Å²) in [7, 11) is 1.99. The average Bonchev–Trinajstić information content (AvgIpc) is 3.26. The summed E-state index contributed by atoms with van der Waals surface area (Å²) in [5.41, 5.74) is 6.59. The Kier molecular flexibility index (Phi) is 4.90. The number of thiazole rings is 1. The maximum atomic E-state index is 4.92. The molecule has 4 aromatic rings. The molecule has 0 aliphatic heterocycles. The van der Waals surface area contributed by atoms with Gasteiger partial charge in [0.15, 0.2) is 0 Å². The van der Waals surface area contributed by atoms with E-state index in [4.69, 9.17) is 4.98 Å². The van der Waals surface area contributed by atoms with E-state index in [1.165, 1.54) is 37.2 Å². The molecule has 0 saturated carbocycles. The van der Waals surface area contributed by atoms with E-state index in [0.29, 0.717) is 0 Å². The minimum Gasteiger partial charge on any atom is -0.316 e. The SMILES string of the molecule is CNCc1cc(C)c(Cc2csc(-c3cc4ccccc4s3)n2)cc1C. The monoisotopic (exact) mass is 378 g/mol. The topological polar surface area (TPSA) is 24.9 Å². The molecule has 0 aliphatic rings. The molecule has 0 atom stereocenters. The molecule has 4 rings (SSSR count). The molecule has 2 heterocycles. The minimum atomic E-state index is 0.897. The third-order valence-electron chi connectivity index (χ3n) is 4.72. The maximum Gasteiger partial charge on any atom is 0.133 e. The number of hydrogen-bond acceptors (Lipinski definition) is 4. The van der Waals surface area contributed by atoms with Crippen molar-refractivity contribution in [2.75, 3.05) is 7.05 Å². The van der Waals surface area contributed by atoms with E-state index in [-0.39, 0.29) is 0 Å². The number of aromatic nitrogens is 1. The summed E-state index contributed by atoms with van der Waals surface area (Å²) in [6.07, 6.45) is 0.897. The largest absolute Gasteiger partial charge is 0.316 e. The van der Waals surface area contributed by atoms with Gasteiger partial charge in [0, 0.05) is 23.0 Å². The van der Waals surface area contributed by atoms with Crippen molar-refractivity contribution in [1.29, 1.82) is 0 Å². The van der Waals surface area contributed by atoms with Gasteiger partial charge in [0.2, 0.25) is 0 Å². The number of thiophene rings is 1. The average molecular weight is 379 g/mol. The summed E-state index contributed by atoms with van der Waals surface area (Å²) in [4.78, 5) is 6.18. The van der Waals surface area contributed by atoms with Gasteiger partial charge in [-0.2, -0.15) is 0 Å². The summed E-state index contributed by atoms with van der Waals surface area (Å²) in [6.45, 7) is 5.31. The number of aryl methyl sites for hydroxylation is 2. The quantitative estimate of drug-likeness (QED) is 0.464. The molecule has 0 fully saturated rings. The zero-order chi connectivity index (χ0) is 18.1. The van der Waals surface area contributed by atoms with Crippen LogP contribution in [0, 0.1) is 13.8 Å². The van der Waals surface area contributed by atoms with E-state index in [0.717, 1.165) is 23.7 Å². The zero-order valence-electron chi connectivity index (χ0n) is 15.3. The normalized spacial score (nSPS) is 11.3. The molecule has 0 amide bonds. The van der Waals surface area contributed by atoms with E-state index < -0.39 is 0 Å². The fraction of sp³-hybridized carbons (Fsp3) is 0.227. The number of rotatable bonds is 5. The Morgan fingerprint density at radius 3 is 2.58 bits per heavy atom. The van der Waals surface area contributed by atoms with Crippen LogP contribution in [0.3, 0.4) is 0 Å². The molecule has 0 unspecified atom stereocenters. The van der Waals surface area contributed by atoms with Crippen molar-refractivity contribution >= 4 is 32.8 Å². The van der Waals surface area contributed by atoms with Crippen molar-refractivity contribution in [1.82, 2.24) is 10.3 Å². The minimum absolute atomic E-state index is 0.897. The second-order valence-electron chi connectivity index (χ2n) is 6.70. The summed E-state index contributed by atoms with van der Waals surface area (Å²) in [6, 6.07) is 15.4. The molecule has 4 heteroatoms. The van der Waals surface area contributed by atoms with Gasteiger partial charge in [0.25, 0.3) is 0 Å². The lowest BCUT2D eigenvalue weighted by molar-refractivity contribution is 0.810. The van der Waals surface area contributed by atoms with Gasteiger partial charge in [-0.25, -0.2) is 4.98 Å². The molecule has 0 radical (unpaired) electrons. The molecule has 1 N–H and O–H groups in total. The van der Waals surface area contributed by atoms with Crippen LogP contribution in [0.15, 0.2) is 47.8 Å². The van der Waals surface area contributed by atoms with Crippen LogP contribution in [0.2, 0.25) is 0 Å². The number of fused-ring (bicyclic) bond motifs is 1. The van der Waals surface area contributed by atoms with Gasteiger partial charge in [0.05, 0.1) is 10.6 Å². The van der Waals surface area contributed by atoms with Crippen LogP contribution < -0.4 is 5.32 Å². The maximum absolute atomic E-state index is 4.92. The first-order chi connectivity index (χ1) is 12.6. The highest BCUT2D eigenvalue weighted by atomic mass is 32.1. The fourth-order valence-electron chi connectivity index (χ4n) is 3.29. The van der Waals surface area contributed by atoms with Crippen LogP contribution in [0.1, 0.15) is 27.9 Å². The first kappa shape index (κ1) is 17.4. The van der Waals surface area contributed by atoms with Gasteiger partial charge < -0.3 is 5.32 Å². The van der Waals surface area contributed by atoms with Crippen molar-refractivity contribution in [3.8, 4) is 9.88 Å². The van der Waals surface area contributed by atoms with Gasteiger partial charge in [-0.1, -0.05) is 30.3 Å². The highest BCUT2D eigenvalue weighted by Gasteiger charge is 2.11. The molecular formula is C22H22N2S2. The van der Waals surface area contributed by atoms with E-state index in [2.05, 4.69) is 67.0 Å². The highest BCUT2D eigenvalue weighted by molar-refractivity contribution is 7.25. The third kappa shape index (κ3) is 3.45. The Morgan fingerprint density at radius 2 is 1.77 bits per heavy atom. The Hall–Kier alpha value is -2.01. The van der Waals surface area contributed by atoms with Crippen LogP contribution in [0.25, 0.3) is 20.0 Å². The lowest BCUT2D eigenvalue weighted by Crippen LogP contribution is -2.07. The standard InChI is InChI=1S/C22H22N2S2/c1-14-9-18(12-23-3)15(2)8-17(14)10-19-13-25-22(24-19)21-11-16-6-4-5-7-20(16)26-21/h4-9,11,13,23H,10,12H2,1-3H3. The Morgan fingerprint density at radius 1 is 1.00 bits per heavy atom. The second kappa shape index (κ2) is 7.31. The van der Waals surface area contributed by atoms with Gasteiger partial charge in [-0.15, -0.1) is 22.7 Å². The lowest BCUT2D eigenvalue weighted by atomic mass is 9.97. The van der Waals surface area contributed by atoms with Crippen molar-refractivity contribution in [2.24, 2.45) is 0 Å². The van der Waals surface area contributed by atoms with Gasteiger partial charge >= 0.3 is 0 Å². The zero-order valence-corrected chi connectivity index (χ0v) is 16.9. The first-order valence-corrected chi connectivity index (χ1v) is 10.5. The van der Waals surface area contributed by atoms with E-state index >= 15 is 0 Å². The number of nitrogens with zero attached hydrogens (tertiary/aromatic N) is 1. The predicted molar refractivity (Wildman–Crippen MR) is 114 cm³/mol. The molecule has 132 valence electrons. The number of hydrogen-bond donors (Lipinski definition) is 1. The van der Waals surface area contributed by atoms with Crippen LogP contribution >= 0.6 is 22.7 Å². The predicted octanol–water partition coefficient (Wildman–Crippen LogP) is 5.95. The van der Waals surface area contributed by atoms with Crippen LogP contribution in [0.5, 0.6) is 0 Å². The highest BCUT2D eigenvalue weighted by Crippen LogP contribution is 2.35. The van der Waals surface area contributed by atoms with E-state index in [1.807, 2.05) is 18.4 Å². The molecule has 0 bridgehead atoms. The molecule has 2 aromatic heterocycles. The van der Waals surface area contributed by atoms with Gasteiger partial charge in [0.1, 0.15) is 5.01 Å². The molecule has 26 heavy (non-hydrogen) atoms. The lowest BCUT2D eigenvalue weighted by Gasteiger charge is -2.11. The third-order valence-corrected chi connectivity index (χ3v) is 6.90. The number of benzene rings is 2. The smallest absolute Gasteiger partial charge is 0.133 e. The fourth-order valence-corrected chi connectivity index (χ4v) is 5.24. The van der Waals surface area contributed by atoms with Crippen LogP contribution in [-0.4, -0.2) is 12.0 Å². The van der Waals surface area contributed by atoms with Gasteiger partial charge in [-0.3, -0.25) is 0 Å². The summed E-state index contributed by atoms with van der Waals surface area (Å²) in [5.74, 6) is 0. The van der Waals surface area contributed by atoms with E-state index in [1.54, 1.807) is 11.3 Å². The van der Waals surface area contributed by atoms with E-state index in [9.17, 15) is 0 Å². The Bertz CT molecular complexity index is 1030. The van der Waals surface area contributed by atoms with Crippen LogP contribution in [0.4, 0.5) is 0 Å². The van der Waals surface area contributed by atoms with Crippen molar-refractivity contribution < 1.29 is 0 Å². The number of nitrogens with one attached hydrogen (secondary N) is 1.